The molecule has 0 bridgehead atoms. The van der Waals surface area contributed by atoms with E-state index in [1.165, 1.54) is 0 Å². The van der Waals surface area contributed by atoms with Crippen LogP contribution in [0.25, 0.3) is 0 Å². The van der Waals surface area contributed by atoms with Crippen molar-refractivity contribution in [2.24, 2.45) is 0 Å². The molecule has 18 heavy (non-hydrogen) atoms. The van der Waals surface area contributed by atoms with Crippen LogP contribution in [0.5, 0.6) is 11.5 Å². The number of ether oxygens (including phenoxy) is 1. The molecular formula is C13H21N3O2. The Bertz CT molecular complexity index is 390. The van der Waals surface area contributed by atoms with Crippen molar-refractivity contribution in [1.29, 1.82) is 0 Å². The number of hydrogen-bond acceptors (Lipinski definition) is 5. The Morgan fingerprint density at radius 3 is 2.67 bits per heavy atom. The molecule has 5 heteroatoms. The Morgan fingerprint density at radius 2 is 2.00 bits per heavy atom. The first-order chi connectivity index (χ1) is 8.70. The molecule has 1 heterocycles. The fraction of sp³-hybridized carbons (Fsp3) is 0.538. The summed E-state index contributed by atoms with van der Waals surface area (Å²) in [7, 11) is 3.69. The number of hydrogen-bond donors (Lipinski definition) is 2. The van der Waals surface area contributed by atoms with Gasteiger partial charge in [0, 0.05) is 38.3 Å². The summed E-state index contributed by atoms with van der Waals surface area (Å²) in [6.07, 6.45) is 0. The summed E-state index contributed by atoms with van der Waals surface area (Å²) in [5.41, 5.74) is 4.20. The van der Waals surface area contributed by atoms with Gasteiger partial charge >= 0.3 is 0 Å². The molecule has 1 aliphatic rings. The van der Waals surface area contributed by atoms with E-state index in [-0.39, 0.29) is 5.75 Å². The van der Waals surface area contributed by atoms with Crippen molar-refractivity contribution in [3.63, 3.8) is 0 Å². The van der Waals surface area contributed by atoms with E-state index in [4.69, 9.17) is 4.74 Å². The monoisotopic (exact) mass is 251 g/mol. The summed E-state index contributed by atoms with van der Waals surface area (Å²) in [5, 5.41) is 12.2. The van der Waals surface area contributed by atoms with Crippen molar-refractivity contribution >= 4 is 0 Å². The highest BCUT2D eigenvalue weighted by Gasteiger charge is 2.14. The van der Waals surface area contributed by atoms with Crippen LogP contribution in [0.1, 0.15) is 5.56 Å². The summed E-state index contributed by atoms with van der Waals surface area (Å²) >= 11 is 0. The lowest BCUT2D eigenvalue weighted by molar-refractivity contribution is 0.102. The van der Waals surface area contributed by atoms with Crippen LogP contribution in [-0.2, 0) is 6.54 Å². The van der Waals surface area contributed by atoms with E-state index < -0.39 is 0 Å². The van der Waals surface area contributed by atoms with Gasteiger partial charge in [-0.25, -0.2) is 5.01 Å². The Balaban J connectivity index is 1.90. The molecule has 1 saturated heterocycles. The lowest BCUT2D eigenvalue weighted by Gasteiger charge is -2.32. The average molecular weight is 251 g/mol. The number of hydrazine groups is 1. The predicted molar refractivity (Wildman–Crippen MR) is 70.6 cm³/mol. The van der Waals surface area contributed by atoms with Gasteiger partial charge in [-0.3, -0.25) is 5.43 Å². The number of benzene rings is 1. The normalized spacial score (nSPS) is 17.9. The Hall–Kier alpha value is -1.30. The molecule has 2 N–H and O–H groups in total. The fourth-order valence-electron chi connectivity index (χ4n) is 2.04. The highest BCUT2D eigenvalue weighted by Crippen LogP contribution is 2.29. The van der Waals surface area contributed by atoms with Crippen LogP contribution in [0, 0.1) is 0 Å². The summed E-state index contributed by atoms with van der Waals surface area (Å²) in [5.74, 6) is 0.745. The molecule has 0 unspecified atom stereocenters. The van der Waals surface area contributed by atoms with Gasteiger partial charge in [-0.1, -0.05) is 12.1 Å². The van der Waals surface area contributed by atoms with Crippen LogP contribution in [0.15, 0.2) is 18.2 Å². The number of likely N-dealkylation sites (N-methyl/N-ethyl adjacent to an activating group) is 1. The van der Waals surface area contributed by atoms with E-state index in [2.05, 4.69) is 22.4 Å². The van der Waals surface area contributed by atoms with Gasteiger partial charge in [0.25, 0.3) is 0 Å². The van der Waals surface area contributed by atoms with E-state index in [1.54, 1.807) is 13.2 Å². The number of aromatic hydroxyl groups is 1. The van der Waals surface area contributed by atoms with Gasteiger partial charge in [-0.15, -0.1) is 0 Å². The van der Waals surface area contributed by atoms with E-state index >= 15 is 0 Å². The van der Waals surface area contributed by atoms with Gasteiger partial charge in [-0.05, 0) is 13.1 Å². The third kappa shape index (κ3) is 3.13. The number of rotatable bonds is 4. The summed E-state index contributed by atoms with van der Waals surface area (Å²) in [6.45, 7) is 4.75. The zero-order valence-electron chi connectivity index (χ0n) is 11.0. The minimum atomic E-state index is 0.224. The molecule has 2 rings (SSSR count). The number of nitrogens with one attached hydrogen (secondary N) is 1. The van der Waals surface area contributed by atoms with E-state index in [0.717, 1.165) is 31.7 Å². The largest absolute Gasteiger partial charge is 0.504 e. The predicted octanol–water partition coefficient (Wildman–Crippen LogP) is 0.653. The molecule has 100 valence electrons. The third-order valence-corrected chi connectivity index (χ3v) is 3.30. The SMILES string of the molecule is COc1cccc(CNN2CCN(C)CC2)c1O. The average Bonchev–Trinajstić information content (AvgIpc) is 2.39. The quantitative estimate of drug-likeness (QED) is 0.823. The summed E-state index contributed by atoms with van der Waals surface area (Å²) < 4.78 is 5.09. The van der Waals surface area contributed by atoms with Crippen LogP contribution in [0.2, 0.25) is 0 Å². The minimum absolute atomic E-state index is 0.224. The maximum absolute atomic E-state index is 9.97. The molecule has 1 aromatic rings. The number of phenolic OH excluding ortho intramolecular Hbond substituents is 1. The first-order valence-corrected chi connectivity index (χ1v) is 6.22. The molecule has 0 spiro atoms. The van der Waals surface area contributed by atoms with Gasteiger partial charge in [-0.2, -0.15) is 0 Å². The first-order valence-electron chi connectivity index (χ1n) is 6.22. The van der Waals surface area contributed by atoms with Crippen molar-refractivity contribution in [3.05, 3.63) is 23.8 Å². The van der Waals surface area contributed by atoms with Crippen molar-refractivity contribution in [3.8, 4) is 11.5 Å². The topological polar surface area (TPSA) is 48.0 Å². The zero-order valence-corrected chi connectivity index (χ0v) is 11.0. The Kier molecular flexibility index (Phi) is 4.41. The van der Waals surface area contributed by atoms with Crippen molar-refractivity contribution in [2.75, 3.05) is 40.3 Å². The highest BCUT2D eigenvalue weighted by molar-refractivity contribution is 5.45. The molecule has 0 radical (unpaired) electrons. The van der Waals surface area contributed by atoms with Gasteiger partial charge in [0.05, 0.1) is 7.11 Å². The summed E-state index contributed by atoms with van der Waals surface area (Å²) in [4.78, 5) is 2.31. The van der Waals surface area contributed by atoms with Crippen molar-refractivity contribution in [2.45, 2.75) is 6.54 Å². The van der Waals surface area contributed by atoms with Crippen LogP contribution >= 0.6 is 0 Å². The molecular weight excluding hydrogens is 230 g/mol. The summed E-state index contributed by atoms with van der Waals surface area (Å²) in [6, 6.07) is 5.55. The van der Waals surface area contributed by atoms with Crippen molar-refractivity contribution in [1.82, 2.24) is 15.3 Å². The molecule has 1 aromatic carbocycles. The second-order valence-corrected chi connectivity index (χ2v) is 4.59. The first kappa shape index (κ1) is 13.1. The van der Waals surface area contributed by atoms with Crippen LogP contribution in [-0.4, -0.2) is 55.4 Å². The Labute approximate surface area is 108 Å². The van der Waals surface area contributed by atoms with E-state index in [0.29, 0.717) is 12.3 Å². The maximum Gasteiger partial charge on any atom is 0.162 e. The maximum atomic E-state index is 9.97. The molecule has 1 fully saturated rings. The van der Waals surface area contributed by atoms with E-state index in [9.17, 15) is 5.11 Å². The number of piperazine rings is 1. The molecule has 5 nitrogen and oxygen atoms in total. The number of para-hydroxylation sites is 1. The molecule has 1 aliphatic heterocycles. The number of methoxy groups -OCH3 is 1. The zero-order chi connectivity index (χ0) is 13.0. The molecule has 0 saturated carbocycles. The molecule has 0 atom stereocenters. The third-order valence-electron chi connectivity index (χ3n) is 3.30. The fourth-order valence-corrected chi connectivity index (χ4v) is 2.04. The molecule has 0 aliphatic carbocycles. The second kappa shape index (κ2) is 6.04. The lowest BCUT2D eigenvalue weighted by atomic mass is 10.2. The van der Waals surface area contributed by atoms with Crippen LogP contribution in [0.3, 0.4) is 0 Å². The highest BCUT2D eigenvalue weighted by atomic mass is 16.5. The van der Waals surface area contributed by atoms with Gasteiger partial charge in [0.15, 0.2) is 11.5 Å². The smallest absolute Gasteiger partial charge is 0.162 e. The minimum Gasteiger partial charge on any atom is -0.504 e. The standard InChI is InChI=1S/C13H21N3O2/c1-15-6-8-16(9-7-15)14-10-11-4-3-5-12(18-2)13(11)17/h3-5,14,17H,6-10H2,1-2H3. The molecule has 0 aromatic heterocycles. The number of nitrogens with zero attached hydrogens (tertiary/aromatic N) is 2. The van der Waals surface area contributed by atoms with Crippen LogP contribution < -0.4 is 10.2 Å². The lowest BCUT2D eigenvalue weighted by Crippen LogP contribution is -2.50. The molecule has 0 amide bonds. The van der Waals surface area contributed by atoms with Crippen LogP contribution in [0.4, 0.5) is 0 Å². The second-order valence-electron chi connectivity index (χ2n) is 4.59. The van der Waals surface area contributed by atoms with Gasteiger partial charge in [0.1, 0.15) is 0 Å². The van der Waals surface area contributed by atoms with E-state index in [1.807, 2.05) is 12.1 Å². The van der Waals surface area contributed by atoms with Gasteiger partial charge < -0.3 is 14.7 Å². The Morgan fingerprint density at radius 1 is 1.28 bits per heavy atom. The van der Waals surface area contributed by atoms with Crippen molar-refractivity contribution < 1.29 is 9.84 Å². The van der Waals surface area contributed by atoms with Gasteiger partial charge in [0.2, 0.25) is 0 Å². The number of phenols is 1.